The van der Waals surface area contributed by atoms with Gasteiger partial charge in [0, 0.05) is 0 Å². The molecule has 0 unspecified atom stereocenters. The van der Waals surface area contributed by atoms with E-state index in [0.717, 1.165) is 16.7 Å². The Labute approximate surface area is 149 Å². The van der Waals surface area contributed by atoms with E-state index in [-0.39, 0.29) is 16.5 Å². The Kier molecular flexibility index (Phi) is 5.84. The molecule has 1 aliphatic rings. The van der Waals surface area contributed by atoms with Crippen molar-refractivity contribution in [2.75, 3.05) is 6.61 Å². The SMILES string of the molecule is CCOc1cc(/C=C2\SC(=S)N([C@@H](CC)C(=O)O)C2=O)ccc1O. The van der Waals surface area contributed by atoms with Crippen molar-refractivity contribution in [2.24, 2.45) is 0 Å². The molecule has 2 rings (SSSR count). The molecule has 0 aromatic heterocycles. The van der Waals surface area contributed by atoms with Crippen molar-refractivity contribution < 1.29 is 24.5 Å². The minimum absolute atomic E-state index is 0.0125. The second-order valence-electron chi connectivity index (χ2n) is 4.97. The third-order valence-electron chi connectivity index (χ3n) is 3.39. The molecule has 0 radical (unpaired) electrons. The van der Waals surface area contributed by atoms with Crippen LogP contribution in [0.1, 0.15) is 25.8 Å². The Morgan fingerprint density at radius 1 is 1.46 bits per heavy atom. The number of rotatable bonds is 6. The maximum Gasteiger partial charge on any atom is 0.326 e. The number of carbonyl (C=O) groups excluding carboxylic acids is 1. The number of carbonyl (C=O) groups is 2. The third kappa shape index (κ3) is 3.70. The first-order chi connectivity index (χ1) is 11.4. The number of hydrogen-bond donors (Lipinski definition) is 2. The summed E-state index contributed by atoms with van der Waals surface area (Å²) in [6.45, 7) is 3.89. The van der Waals surface area contributed by atoms with Gasteiger partial charge in [0.25, 0.3) is 5.91 Å². The molecular weight excluding hydrogens is 350 g/mol. The predicted octanol–water partition coefficient (Wildman–Crippen LogP) is 2.86. The van der Waals surface area contributed by atoms with Crippen LogP contribution in [0, 0.1) is 0 Å². The van der Waals surface area contributed by atoms with Gasteiger partial charge in [0.2, 0.25) is 0 Å². The molecule has 8 heteroatoms. The number of thiocarbonyl (C=S) groups is 1. The minimum atomic E-state index is -1.08. The van der Waals surface area contributed by atoms with Gasteiger partial charge in [0.1, 0.15) is 10.4 Å². The number of phenols is 1. The maximum absolute atomic E-state index is 12.5. The molecule has 128 valence electrons. The Hall–Kier alpha value is -2.06. The van der Waals surface area contributed by atoms with Crippen molar-refractivity contribution in [3.63, 3.8) is 0 Å². The monoisotopic (exact) mass is 367 g/mol. The van der Waals surface area contributed by atoms with E-state index in [0.29, 0.717) is 22.8 Å². The van der Waals surface area contributed by atoms with Crippen molar-refractivity contribution in [3.05, 3.63) is 28.7 Å². The lowest BCUT2D eigenvalue weighted by molar-refractivity contribution is -0.145. The van der Waals surface area contributed by atoms with Crippen molar-refractivity contribution in [2.45, 2.75) is 26.3 Å². The number of carboxylic acids is 1. The number of phenolic OH excluding ortho intramolecular Hbond substituents is 1. The van der Waals surface area contributed by atoms with Crippen LogP contribution in [-0.4, -0.2) is 44.0 Å². The average molecular weight is 367 g/mol. The molecule has 0 bridgehead atoms. The number of ether oxygens (including phenoxy) is 1. The smallest absolute Gasteiger partial charge is 0.326 e. The second-order valence-corrected chi connectivity index (χ2v) is 6.65. The normalized spacial score (nSPS) is 17.4. The molecule has 1 heterocycles. The van der Waals surface area contributed by atoms with Crippen LogP contribution in [0.5, 0.6) is 11.5 Å². The van der Waals surface area contributed by atoms with Crippen LogP contribution < -0.4 is 4.74 Å². The summed E-state index contributed by atoms with van der Waals surface area (Å²) < 4.78 is 5.54. The molecule has 1 aromatic carbocycles. The van der Waals surface area contributed by atoms with Crippen LogP contribution in [0.25, 0.3) is 6.08 Å². The van der Waals surface area contributed by atoms with E-state index in [1.807, 2.05) is 0 Å². The first kappa shape index (κ1) is 18.3. The van der Waals surface area contributed by atoms with Crippen LogP contribution in [0.4, 0.5) is 0 Å². The Balaban J connectivity index is 2.32. The third-order valence-corrected chi connectivity index (χ3v) is 4.72. The summed E-state index contributed by atoms with van der Waals surface area (Å²) in [6, 6.07) is 3.75. The molecular formula is C16H17NO5S2. The molecule has 0 saturated carbocycles. The van der Waals surface area contributed by atoms with Gasteiger partial charge >= 0.3 is 5.97 Å². The van der Waals surface area contributed by atoms with E-state index in [4.69, 9.17) is 17.0 Å². The largest absolute Gasteiger partial charge is 0.504 e. The number of aromatic hydroxyl groups is 1. The molecule has 1 fully saturated rings. The van der Waals surface area contributed by atoms with E-state index in [1.54, 1.807) is 32.1 Å². The van der Waals surface area contributed by atoms with Gasteiger partial charge < -0.3 is 14.9 Å². The number of nitrogens with zero attached hydrogens (tertiary/aromatic N) is 1. The van der Waals surface area contributed by atoms with Gasteiger partial charge in [0.15, 0.2) is 11.5 Å². The standard InChI is InChI=1S/C16H17NO5S2/c1-3-10(15(20)21)17-14(19)13(24-16(17)23)8-9-5-6-11(18)12(7-9)22-4-2/h5-8,10,18H,3-4H2,1-2H3,(H,20,21)/b13-8-/t10-/m0/s1. The summed E-state index contributed by atoms with van der Waals surface area (Å²) >= 11 is 6.22. The van der Waals surface area contributed by atoms with Gasteiger partial charge in [0.05, 0.1) is 11.5 Å². The van der Waals surface area contributed by atoms with Crippen LogP contribution in [0.3, 0.4) is 0 Å². The Morgan fingerprint density at radius 2 is 2.17 bits per heavy atom. The zero-order valence-electron chi connectivity index (χ0n) is 13.2. The Bertz CT molecular complexity index is 716. The van der Waals surface area contributed by atoms with Gasteiger partial charge in [-0.1, -0.05) is 37.0 Å². The summed E-state index contributed by atoms with van der Waals surface area (Å²) in [5.74, 6) is -1.18. The predicted molar refractivity (Wildman–Crippen MR) is 96.0 cm³/mol. The first-order valence-electron chi connectivity index (χ1n) is 7.34. The highest BCUT2D eigenvalue weighted by atomic mass is 32.2. The fraction of sp³-hybridized carbons (Fsp3) is 0.312. The summed E-state index contributed by atoms with van der Waals surface area (Å²) in [5.41, 5.74) is 0.653. The zero-order chi connectivity index (χ0) is 17.9. The summed E-state index contributed by atoms with van der Waals surface area (Å²) in [6.07, 6.45) is 1.87. The number of aliphatic carboxylic acids is 1. The topological polar surface area (TPSA) is 87.1 Å². The molecule has 0 spiro atoms. The molecule has 2 N–H and O–H groups in total. The molecule has 24 heavy (non-hydrogen) atoms. The first-order valence-corrected chi connectivity index (χ1v) is 8.57. The molecule has 6 nitrogen and oxygen atoms in total. The zero-order valence-corrected chi connectivity index (χ0v) is 14.8. The number of amides is 1. The fourth-order valence-electron chi connectivity index (χ4n) is 2.26. The van der Waals surface area contributed by atoms with Gasteiger partial charge in [-0.15, -0.1) is 0 Å². The minimum Gasteiger partial charge on any atom is -0.504 e. The van der Waals surface area contributed by atoms with Crippen molar-refractivity contribution in [1.29, 1.82) is 0 Å². The van der Waals surface area contributed by atoms with Crippen molar-refractivity contribution >= 4 is 46.3 Å². The quantitative estimate of drug-likeness (QED) is 0.590. The van der Waals surface area contributed by atoms with Crippen molar-refractivity contribution in [3.8, 4) is 11.5 Å². The molecule has 1 saturated heterocycles. The summed E-state index contributed by atoms with van der Waals surface area (Å²) in [4.78, 5) is 25.3. The lowest BCUT2D eigenvalue weighted by atomic mass is 10.1. The summed E-state index contributed by atoms with van der Waals surface area (Å²) in [7, 11) is 0. The van der Waals surface area contributed by atoms with E-state index >= 15 is 0 Å². The number of benzene rings is 1. The molecule has 0 aliphatic carbocycles. The van der Waals surface area contributed by atoms with E-state index in [2.05, 4.69) is 0 Å². The fourth-order valence-corrected chi connectivity index (χ4v) is 3.62. The molecule has 1 aromatic rings. The van der Waals surface area contributed by atoms with Gasteiger partial charge in [-0.3, -0.25) is 9.69 Å². The summed E-state index contributed by atoms with van der Waals surface area (Å²) in [5, 5.41) is 19.0. The highest BCUT2D eigenvalue weighted by molar-refractivity contribution is 8.26. The van der Waals surface area contributed by atoms with Gasteiger partial charge in [-0.2, -0.15) is 0 Å². The molecule has 1 aliphatic heterocycles. The van der Waals surface area contributed by atoms with Gasteiger partial charge in [-0.05, 0) is 37.1 Å². The van der Waals surface area contributed by atoms with Crippen LogP contribution in [0.15, 0.2) is 23.1 Å². The van der Waals surface area contributed by atoms with E-state index < -0.39 is 17.9 Å². The lowest BCUT2D eigenvalue weighted by Crippen LogP contribution is -2.43. The number of hydrogen-bond acceptors (Lipinski definition) is 6. The van der Waals surface area contributed by atoms with Crippen LogP contribution in [-0.2, 0) is 9.59 Å². The molecule has 1 atom stereocenters. The average Bonchev–Trinajstić information content (AvgIpc) is 2.79. The highest BCUT2D eigenvalue weighted by Crippen LogP contribution is 2.36. The van der Waals surface area contributed by atoms with Gasteiger partial charge in [-0.25, -0.2) is 4.79 Å². The maximum atomic E-state index is 12.5. The number of thioether (sulfide) groups is 1. The van der Waals surface area contributed by atoms with Crippen molar-refractivity contribution in [1.82, 2.24) is 4.90 Å². The molecule has 1 amide bonds. The van der Waals surface area contributed by atoms with Crippen LogP contribution >= 0.6 is 24.0 Å². The lowest BCUT2D eigenvalue weighted by Gasteiger charge is -2.21. The second kappa shape index (κ2) is 7.67. The van der Waals surface area contributed by atoms with Crippen LogP contribution in [0.2, 0.25) is 0 Å². The highest BCUT2D eigenvalue weighted by Gasteiger charge is 2.39. The number of carboxylic acid groups (broad SMARTS) is 1. The van der Waals surface area contributed by atoms with E-state index in [1.165, 1.54) is 6.07 Å². The Morgan fingerprint density at radius 3 is 2.75 bits per heavy atom. The van der Waals surface area contributed by atoms with E-state index in [9.17, 15) is 19.8 Å².